The van der Waals surface area contributed by atoms with Crippen LogP contribution in [0.3, 0.4) is 0 Å². The Bertz CT molecular complexity index is 1400. The molecule has 1 aliphatic rings. The Morgan fingerprint density at radius 3 is 2.46 bits per heavy atom. The number of nitrogens with one attached hydrogen (secondary N) is 1. The van der Waals surface area contributed by atoms with Crippen molar-refractivity contribution in [3.05, 3.63) is 71.8 Å². The van der Waals surface area contributed by atoms with Gasteiger partial charge in [-0.25, -0.2) is 9.48 Å². The van der Waals surface area contributed by atoms with Crippen LogP contribution in [-0.4, -0.2) is 57.3 Å². The van der Waals surface area contributed by atoms with E-state index < -0.39 is 29.2 Å². The Morgan fingerprint density at radius 1 is 1.00 bits per heavy atom. The van der Waals surface area contributed by atoms with E-state index in [4.69, 9.17) is 0 Å². The SMILES string of the molecule is CC1(c2cccc(-n3cnnn3)c2)NC(=O)N(Cc2nnnn2-c2ccc(C(F)(F)F)cc2)C1=O. The number of alkyl halides is 3. The normalized spacial score (nSPS) is 18.2. The third kappa shape index (κ3) is 3.85. The molecule has 0 bridgehead atoms. The van der Waals surface area contributed by atoms with Gasteiger partial charge in [-0.2, -0.15) is 17.9 Å². The first kappa shape index (κ1) is 22.1. The standard InChI is InChI=1S/C20H15F3N10O2/c1-19(13-3-2-4-15(9-13)32-11-24-27-29-32)17(34)31(18(35)25-19)10-16-26-28-30-33(16)14-7-5-12(6-8-14)20(21,22)23/h2-9,11H,10H2,1H3,(H,25,35). The molecule has 1 atom stereocenters. The monoisotopic (exact) mass is 484 g/mol. The lowest BCUT2D eigenvalue weighted by Gasteiger charge is -2.22. The van der Waals surface area contributed by atoms with Crippen molar-refractivity contribution < 1.29 is 22.8 Å². The van der Waals surface area contributed by atoms with Crippen molar-refractivity contribution in [2.45, 2.75) is 25.2 Å². The van der Waals surface area contributed by atoms with Gasteiger partial charge in [-0.1, -0.05) is 12.1 Å². The third-order valence-electron chi connectivity index (χ3n) is 5.58. The highest BCUT2D eigenvalue weighted by Crippen LogP contribution is 2.32. The molecule has 35 heavy (non-hydrogen) atoms. The van der Waals surface area contributed by atoms with Gasteiger partial charge in [-0.3, -0.25) is 9.69 Å². The van der Waals surface area contributed by atoms with Crippen LogP contribution in [0.25, 0.3) is 11.4 Å². The van der Waals surface area contributed by atoms with Gasteiger partial charge in [-0.15, -0.1) is 10.2 Å². The summed E-state index contributed by atoms with van der Waals surface area (Å²) in [6.45, 7) is 1.26. The van der Waals surface area contributed by atoms with Crippen molar-refractivity contribution in [3.63, 3.8) is 0 Å². The highest BCUT2D eigenvalue weighted by molar-refractivity contribution is 6.07. The number of carbonyl (C=O) groups is 2. The molecule has 1 saturated heterocycles. The Labute approximate surface area is 194 Å². The topological polar surface area (TPSA) is 137 Å². The van der Waals surface area contributed by atoms with Gasteiger partial charge in [-0.05, 0) is 69.7 Å². The van der Waals surface area contributed by atoms with Gasteiger partial charge in [0, 0.05) is 0 Å². The largest absolute Gasteiger partial charge is 0.416 e. The number of rotatable bonds is 5. The fraction of sp³-hybridized carbons (Fsp3) is 0.200. The molecule has 1 N–H and O–H groups in total. The zero-order chi connectivity index (χ0) is 24.8. The van der Waals surface area contributed by atoms with Gasteiger partial charge in [0.05, 0.1) is 23.5 Å². The predicted octanol–water partition coefficient (Wildman–Crippen LogP) is 1.62. The second kappa shape index (κ2) is 7.96. The lowest BCUT2D eigenvalue weighted by molar-refractivity contribution is -0.137. The zero-order valence-corrected chi connectivity index (χ0v) is 17.9. The Kier molecular flexibility index (Phi) is 5.03. The number of carbonyl (C=O) groups excluding carboxylic acids is 2. The fourth-order valence-electron chi connectivity index (χ4n) is 3.71. The number of benzene rings is 2. The van der Waals surface area contributed by atoms with E-state index >= 15 is 0 Å². The highest BCUT2D eigenvalue weighted by atomic mass is 19.4. The highest BCUT2D eigenvalue weighted by Gasteiger charge is 2.49. The van der Waals surface area contributed by atoms with E-state index in [1.54, 1.807) is 31.2 Å². The molecule has 0 radical (unpaired) electrons. The Balaban J connectivity index is 1.41. The van der Waals surface area contributed by atoms with Crippen LogP contribution in [0, 0.1) is 0 Å². The molecule has 5 rings (SSSR count). The summed E-state index contributed by atoms with van der Waals surface area (Å²) < 4.78 is 41.2. The summed E-state index contributed by atoms with van der Waals surface area (Å²) in [5, 5.41) is 24.9. The number of hydrogen-bond donors (Lipinski definition) is 1. The maximum absolute atomic E-state index is 13.4. The summed E-state index contributed by atoms with van der Waals surface area (Å²) in [7, 11) is 0. The number of amides is 3. The molecule has 2 aromatic carbocycles. The number of halogens is 3. The molecule has 1 aliphatic heterocycles. The number of tetrazole rings is 2. The van der Waals surface area contributed by atoms with Crippen molar-refractivity contribution >= 4 is 11.9 Å². The fourth-order valence-corrected chi connectivity index (χ4v) is 3.71. The lowest BCUT2D eigenvalue weighted by Crippen LogP contribution is -2.41. The molecule has 0 aliphatic carbocycles. The summed E-state index contributed by atoms with van der Waals surface area (Å²) in [6.07, 6.45) is -3.10. The summed E-state index contributed by atoms with van der Waals surface area (Å²) in [5.74, 6) is -0.474. The molecule has 15 heteroatoms. The van der Waals surface area contributed by atoms with Gasteiger partial charge in [0.2, 0.25) is 0 Å². The molecule has 1 fully saturated rings. The van der Waals surface area contributed by atoms with Crippen LogP contribution >= 0.6 is 0 Å². The molecular weight excluding hydrogens is 469 g/mol. The van der Waals surface area contributed by atoms with Crippen LogP contribution in [-0.2, 0) is 23.1 Å². The van der Waals surface area contributed by atoms with E-state index in [2.05, 4.69) is 36.4 Å². The smallest absolute Gasteiger partial charge is 0.319 e. The van der Waals surface area contributed by atoms with E-state index in [0.29, 0.717) is 11.3 Å². The molecule has 2 aromatic heterocycles. The van der Waals surface area contributed by atoms with Crippen LogP contribution in [0.15, 0.2) is 54.9 Å². The van der Waals surface area contributed by atoms with E-state index in [9.17, 15) is 22.8 Å². The van der Waals surface area contributed by atoms with Gasteiger partial charge < -0.3 is 5.32 Å². The molecule has 0 spiro atoms. The van der Waals surface area contributed by atoms with Gasteiger partial charge in [0.15, 0.2) is 5.82 Å². The van der Waals surface area contributed by atoms with Crippen LogP contribution in [0.2, 0.25) is 0 Å². The predicted molar refractivity (Wildman–Crippen MR) is 110 cm³/mol. The van der Waals surface area contributed by atoms with Crippen molar-refractivity contribution in [2.75, 3.05) is 0 Å². The van der Waals surface area contributed by atoms with Gasteiger partial charge in [0.25, 0.3) is 5.91 Å². The Morgan fingerprint density at radius 2 is 1.77 bits per heavy atom. The molecule has 3 heterocycles. The molecule has 1 unspecified atom stereocenters. The first-order valence-corrected chi connectivity index (χ1v) is 10.1. The molecular formula is C20H15F3N10O2. The van der Waals surface area contributed by atoms with Crippen LogP contribution in [0.5, 0.6) is 0 Å². The third-order valence-corrected chi connectivity index (χ3v) is 5.58. The Hall–Kier alpha value is -4.69. The zero-order valence-electron chi connectivity index (χ0n) is 17.9. The van der Waals surface area contributed by atoms with Crippen molar-refractivity contribution in [1.29, 1.82) is 0 Å². The molecule has 12 nitrogen and oxygen atoms in total. The van der Waals surface area contributed by atoms with E-state index in [0.717, 1.165) is 21.7 Å². The van der Waals surface area contributed by atoms with Crippen molar-refractivity contribution in [3.8, 4) is 11.4 Å². The summed E-state index contributed by atoms with van der Waals surface area (Å²) in [5.41, 5.74) is -0.908. The summed E-state index contributed by atoms with van der Waals surface area (Å²) in [6, 6.07) is 10.3. The van der Waals surface area contributed by atoms with Crippen LogP contribution < -0.4 is 5.32 Å². The van der Waals surface area contributed by atoms with Crippen LogP contribution in [0.1, 0.15) is 23.9 Å². The minimum atomic E-state index is -4.49. The summed E-state index contributed by atoms with van der Waals surface area (Å²) >= 11 is 0. The second-order valence-corrected chi connectivity index (χ2v) is 7.80. The number of nitrogens with zero attached hydrogens (tertiary/aromatic N) is 9. The molecule has 4 aromatic rings. The number of imide groups is 1. The number of aromatic nitrogens is 8. The van der Waals surface area contributed by atoms with Gasteiger partial charge >= 0.3 is 12.2 Å². The molecule has 178 valence electrons. The average molecular weight is 484 g/mol. The maximum atomic E-state index is 13.4. The summed E-state index contributed by atoms with van der Waals surface area (Å²) in [4.78, 5) is 27.1. The van der Waals surface area contributed by atoms with Crippen molar-refractivity contribution in [1.82, 2.24) is 50.6 Å². The second-order valence-electron chi connectivity index (χ2n) is 7.80. The molecule has 3 amide bonds. The van der Waals surface area contributed by atoms with E-state index in [1.807, 2.05) is 0 Å². The van der Waals surface area contributed by atoms with Crippen LogP contribution in [0.4, 0.5) is 18.0 Å². The quantitative estimate of drug-likeness (QED) is 0.422. The minimum Gasteiger partial charge on any atom is -0.319 e. The lowest BCUT2D eigenvalue weighted by atomic mass is 9.91. The molecule has 0 saturated carbocycles. The van der Waals surface area contributed by atoms with E-state index in [1.165, 1.54) is 23.1 Å². The number of hydrogen-bond acceptors (Lipinski definition) is 8. The average Bonchev–Trinajstić information content (AvgIpc) is 3.57. The van der Waals surface area contributed by atoms with Gasteiger partial charge in [0.1, 0.15) is 11.9 Å². The number of urea groups is 1. The first-order chi connectivity index (χ1) is 16.7. The first-order valence-electron chi connectivity index (χ1n) is 10.1. The maximum Gasteiger partial charge on any atom is 0.416 e. The minimum absolute atomic E-state index is 0.0833. The van der Waals surface area contributed by atoms with E-state index in [-0.39, 0.29) is 18.1 Å². The van der Waals surface area contributed by atoms with Crippen molar-refractivity contribution in [2.24, 2.45) is 0 Å².